The van der Waals surface area contributed by atoms with Crippen molar-refractivity contribution in [2.75, 3.05) is 0 Å². The van der Waals surface area contributed by atoms with Gasteiger partial charge in [0.2, 0.25) is 0 Å². The maximum Gasteiger partial charge on any atom is 0.165 e. The fourth-order valence-electron chi connectivity index (χ4n) is 8.07. The summed E-state index contributed by atoms with van der Waals surface area (Å²) in [5, 5.41) is 4.93. The van der Waals surface area contributed by atoms with E-state index in [9.17, 15) is 0 Å². The molecule has 0 radical (unpaired) electrons. The van der Waals surface area contributed by atoms with Crippen LogP contribution in [-0.2, 0) is 0 Å². The van der Waals surface area contributed by atoms with Crippen molar-refractivity contribution in [1.82, 2.24) is 19.5 Å². The first-order valence-corrected chi connectivity index (χ1v) is 19.6. The molecule has 3 heterocycles. The standard InChI is InChI=1S/C51H32N4S/c1-4-15-33(16-5-1)49-52-50(34-17-6-2-7-18-34)54-51(53-49)42-26-13-25-41-47-39(24-14-28-46(47)56-48(41)42)37-20-12-19-35(31-37)36-29-30-45-43(32-36)40-23-10-11-27-44(40)55(45)38-21-8-3-9-22-38/h1-32H. The molecule has 4 nitrogen and oxygen atoms in total. The van der Waals surface area contributed by atoms with Crippen LogP contribution in [0.2, 0.25) is 0 Å². The number of aromatic nitrogens is 4. The predicted octanol–water partition coefficient (Wildman–Crippen LogP) is 13.7. The summed E-state index contributed by atoms with van der Waals surface area (Å²) in [6, 6.07) is 68.7. The highest BCUT2D eigenvalue weighted by atomic mass is 32.1. The number of para-hydroxylation sites is 2. The van der Waals surface area contributed by atoms with Crippen molar-refractivity contribution >= 4 is 53.3 Å². The van der Waals surface area contributed by atoms with E-state index in [0.717, 1.165) is 27.1 Å². The highest BCUT2D eigenvalue weighted by Crippen LogP contribution is 2.44. The smallest absolute Gasteiger partial charge is 0.165 e. The predicted molar refractivity (Wildman–Crippen MR) is 234 cm³/mol. The molecule has 11 aromatic rings. The topological polar surface area (TPSA) is 43.6 Å². The average molecular weight is 733 g/mol. The lowest BCUT2D eigenvalue weighted by Gasteiger charge is -2.10. The lowest BCUT2D eigenvalue weighted by atomic mass is 9.95. The summed E-state index contributed by atoms with van der Waals surface area (Å²) in [5.74, 6) is 1.99. The fraction of sp³-hybridized carbons (Fsp3) is 0. The number of fused-ring (bicyclic) bond motifs is 6. The molecular weight excluding hydrogens is 701 g/mol. The van der Waals surface area contributed by atoms with Gasteiger partial charge in [-0.05, 0) is 70.8 Å². The van der Waals surface area contributed by atoms with Crippen molar-refractivity contribution in [2.24, 2.45) is 0 Å². The molecule has 0 aliphatic carbocycles. The molecule has 0 N–H and O–H groups in total. The summed E-state index contributed by atoms with van der Waals surface area (Å²) in [6.45, 7) is 0. The van der Waals surface area contributed by atoms with Gasteiger partial charge in [0.05, 0.1) is 11.0 Å². The number of hydrogen-bond acceptors (Lipinski definition) is 4. The van der Waals surface area contributed by atoms with E-state index in [1.165, 1.54) is 59.5 Å². The lowest BCUT2D eigenvalue weighted by molar-refractivity contribution is 1.08. The van der Waals surface area contributed by atoms with Gasteiger partial charge in [-0.15, -0.1) is 11.3 Å². The molecule has 0 saturated heterocycles. The number of thiophene rings is 1. The maximum atomic E-state index is 5.09. The van der Waals surface area contributed by atoms with E-state index in [2.05, 4.69) is 162 Å². The first-order chi connectivity index (χ1) is 27.8. The van der Waals surface area contributed by atoms with E-state index in [4.69, 9.17) is 15.0 Å². The van der Waals surface area contributed by atoms with E-state index in [1.54, 1.807) is 11.3 Å². The minimum absolute atomic E-state index is 0.660. The number of nitrogens with zero attached hydrogens (tertiary/aromatic N) is 4. The molecule has 0 aliphatic rings. The van der Waals surface area contributed by atoms with Gasteiger partial charge in [0.1, 0.15) is 0 Å². The highest BCUT2D eigenvalue weighted by molar-refractivity contribution is 7.26. The Morgan fingerprint density at radius 3 is 1.68 bits per heavy atom. The van der Waals surface area contributed by atoms with E-state index < -0.39 is 0 Å². The van der Waals surface area contributed by atoms with Crippen molar-refractivity contribution in [3.63, 3.8) is 0 Å². The molecule has 0 saturated carbocycles. The third-order valence-electron chi connectivity index (χ3n) is 10.7. The van der Waals surface area contributed by atoms with Gasteiger partial charge in [0.15, 0.2) is 17.5 Å². The Hall–Kier alpha value is -7.21. The van der Waals surface area contributed by atoms with E-state index in [1.807, 2.05) is 36.4 Å². The third-order valence-corrected chi connectivity index (χ3v) is 11.9. The van der Waals surface area contributed by atoms with Crippen LogP contribution in [0.3, 0.4) is 0 Å². The van der Waals surface area contributed by atoms with Gasteiger partial charge in [-0.1, -0.05) is 146 Å². The Labute approximate surface area is 327 Å². The highest BCUT2D eigenvalue weighted by Gasteiger charge is 2.19. The first-order valence-electron chi connectivity index (χ1n) is 18.8. The van der Waals surface area contributed by atoms with Crippen LogP contribution in [0.4, 0.5) is 0 Å². The van der Waals surface area contributed by atoms with Crippen molar-refractivity contribution in [1.29, 1.82) is 0 Å². The Balaban J connectivity index is 1.05. The SMILES string of the molecule is c1ccc(-c2nc(-c3ccccc3)nc(-c3cccc4c3sc3cccc(-c5cccc(-c6ccc7c(c6)c6ccccc6n7-c6ccccc6)c5)c34)n2)cc1. The molecule has 0 fully saturated rings. The molecule has 8 aromatic carbocycles. The molecule has 0 unspecified atom stereocenters. The van der Waals surface area contributed by atoms with Crippen molar-refractivity contribution < 1.29 is 0 Å². The molecule has 11 rings (SSSR count). The zero-order valence-corrected chi connectivity index (χ0v) is 31.0. The molecular formula is C51H32N4S. The zero-order chi connectivity index (χ0) is 37.0. The minimum atomic E-state index is 0.660. The molecule has 0 amide bonds. The van der Waals surface area contributed by atoms with Gasteiger partial charge >= 0.3 is 0 Å². The number of rotatable bonds is 6. The Bertz CT molecular complexity index is 3180. The van der Waals surface area contributed by atoms with E-state index in [-0.39, 0.29) is 0 Å². The van der Waals surface area contributed by atoms with Crippen LogP contribution in [0.15, 0.2) is 194 Å². The number of benzene rings is 8. The molecule has 0 atom stereocenters. The van der Waals surface area contributed by atoms with Crippen LogP contribution in [0.1, 0.15) is 0 Å². The van der Waals surface area contributed by atoms with E-state index >= 15 is 0 Å². The Morgan fingerprint density at radius 2 is 0.911 bits per heavy atom. The summed E-state index contributed by atoms with van der Waals surface area (Å²) < 4.78 is 4.76. The van der Waals surface area contributed by atoms with E-state index in [0.29, 0.717) is 17.5 Å². The molecule has 56 heavy (non-hydrogen) atoms. The quantitative estimate of drug-likeness (QED) is 0.171. The molecule has 0 spiro atoms. The average Bonchev–Trinajstić information content (AvgIpc) is 3.83. The van der Waals surface area contributed by atoms with Crippen LogP contribution in [-0.4, -0.2) is 19.5 Å². The van der Waals surface area contributed by atoms with Crippen molar-refractivity contribution in [2.45, 2.75) is 0 Å². The van der Waals surface area contributed by atoms with Crippen LogP contribution >= 0.6 is 11.3 Å². The normalized spacial score (nSPS) is 11.6. The van der Waals surface area contributed by atoms with Crippen LogP contribution < -0.4 is 0 Å². The van der Waals surface area contributed by atoms with Crippen molar-refractivity contribution in [3.8, 4) is 62.1 Å². The van der Waals surface area contributed by atoms with Gasteiger partial charge in [0.25, 0.3) is 0 Å². The summed E-state index contributed by atoms with van der Waals surface area (Å²) in [6.07, 6.45) is 0. The van der Waals surface area contributed by atoms with Gasteiger partial charge in [-0.25, -0.2) is 15.0 Å². The second-order valence-electron chi connectivity index (χ2n) is 14.0. The zero-order valence-electron chi connectivity index (χ0n) is 30.2. The monoisotopic (exact) mass is 732 g/mol. The molecule has 3 aromatic heterocycles. The summed E-state index contributed by atoms with van der Waals surface area (Å²) in [4.78, 5) is 15.1. The summed E-state index contributed by atoms with van der Waals surface area (Å²) in [7, 11) is 0. The maximum absolute atomic E-state index is 5.09. The molecule has 262 valence electrons. The van der Waals surface area contributed by atoms with Gasteiger partial charge in [0, 0.05) is 53.3 Å². The summed E-state index contributed by atoms with van der Waals surface area (Å²) in [5.41, 5.74) is 11.3. The minimum Gasteiger partial charge on any atom is -0.309 e. The summed E-state index contributed by atoms with van der Waals surface area (Å²) >= 11 is 1.80. The first kappa shape index (κ1) is 32.2. The van der Waals surface area contributed by atoms with Gasteiger partial charge in [-0.3, -0.25) is 0 Å². The second-order valence-corrected chi connectivity index (χ2v) is 15.1. The van der Waals surface area contributed by atoms with Crippen molar-refractivity contribution in [3.05, 3.63) is 194 Å². The second kappa shape index (κ2) is 13.3. The largest absolute Gasteiger partial charge is 0.309 e. The van der Waals surface area contributed by atoms with Crippen LogP contribution in [0.25, 0.3) is 104 Å². The van der Waals surface area contributed by atoms with Crippen LogP contribution in [0.5, 0.6) is 0 Å². The Morgan fingerprint density at radius 1 is 0.357 bits per heavy atom. The van der Waals surface area contributed by atoms with Crippen LogP contribution in [0, 0.1) is 0 Å². The molecule has 0 aliphatic heterocycles. The molecule has 0 bridgehead atoms. The lowest BCUT2D eigenvalue weighted by Crippen LogP contribution is -2.00. The Kier molecular flexibility index (Phi) is 7.64. The molecule has 5 heteroatoms. The van der Waals surface area contributed by atoms with Gasteiger partial charge in [-0.2, -0.15) is 0 Å². The fourth-order valence-corrected chi connectivity index (χ4v) is 9.31. The number of hydrogen-bond donors (Lipinski definition) is 0. The van der Waals surface area contributed by atoms with Gasteiger partial charge < -0.3 is 4.57 Å². The third kappa shape index (κ3) is 5.40.